The van der Waals surface area contributed by atoms with Crippen LogP contribution < -0.4 is 5.32 Å². The molecule has 1 saturated heterocycles. The quantitative estimate of drug-likeness (QED) is 0.0403. The smallest absolute Gasteiger partial charge is 0.394 e. The second kappa shape index (κ2) is 28.0. The number of hydrogen-bond donors (Lipinski definition) is 7. The number of unbranched alkanes of at least 4 members (excludes halogenated alkanes) is 19. The van der Waals surface area contributed by atoms with Crippen molar-refractivity contribution in [1.29, 1.82) is 0 Å². The molecule has 0 aliphatic carbocycles. The lowest BCUT2D eigenvalue weighted by molar-refractivity contribution is -0.303. The van der Waals surface area contributed by atoms with Crippen LogP contribution >= 0.6 is 0 Å². The topological polar surface area (TPSA) is 152 Å². The summed E-state index contributed by atoms with van der Waals surface area (Å²) in [6.07, 6.45) is 6.55. The summed E-state index contributed by atoms with van der Waals surface area (Å²) in [6, 6.07) is -3.35. The molecule has 294 valence electrons. The first-order chi connectivity index (χ1) is 23.5. The first-order valence-electron chi connectivity index (χ1n) is 19.6. The van der Waals surface area contributed by atoms with E-state index < -0.39 is 74.4 Å². The molecule has 0 bridgehead atoms. The molecular weight excluding hydrogens is 643 g/mol. The molecule has 1 rings (SSSR count). The molecular formula is C37H72F3NO8. The number of halogens is 3. The van der Waals surface area contributed by atoms with Crippen LogP contribution in [0.15, 0.2) is 0 Å². The Morgan fingerprint density at radius 2 is 1.06 bits per heavy atom. The second-order valence-corrected chi connectivity index (χ2v) is 14.3. The number of aliphatic hydroxyl groups is 6. The van der Waals surface area contributed by atoms with Crippen molar-refractivity contribution in [3.63, 3.8) is 0 Å². The highest BCUT2D eigenvalue weighted by Gasteiger charge is 2.46. The fourth-order valence-corrected chi connectivity index (χ4v) is 6.54. The Balaban J connectivity index is 2.71. The van der Waals surface area contributed by atoms with E-state index in [2.05, 4.69) is 19.2 Å². The molecule has 0 amide bonds. The van der Waals surface area contributed by atoms with Crippen LogP contribution in [0.2, 0.25) is 0 Å². The third-order valence-electron chi connectivity index (χ3n) is 9.86. The lowest BCUT2D eigenvalue weighted by Gasteiger charge is -2.40. The highest BCUT2D eigenvalue weighted by atomic mass is 19.4. The van der Waals surface area contributed by atoms with E-state index in [0.717, 1.165) is 57.8 Å². The molecule has 0 spiro atoms. The van der Waals surface area contributed by atoms with Gasteiger partial charge in [-0.05, 0) is 12.8 Å². The van der Waals surface area contributed by atoms with Crippen molar-refractivity contribution < 1.29 is 53.3 Å². The second-order valence-electron chi connectivity index (χ2n) is 14.3. The van der Waals surface area contributed by atoms with Crippen LogP contribution in [-0.4, -0.2) is 105 Å². The molecule has 1 aliphatic heterocycles. The number of rotatable bonds is 31. The number of hydrogen-bond acceptors (Lipinski definition) is 9. The molecule has 1 fully saturated rings. The maximum atomic E-state index is 14.2. The van der Waals surface area contributed by atoms with Gasteiger partial charge in [0.2, 0.25) is 0 Å². The standard InChI is InChI=1S/C37H72F3NO8/c1-3-5-7-9-11-13-14-15-17-18-20-22-24-29(43)32(44)28(27-48-36-35(47)34(46)33(45)30(26-42)49-36)41-31(37(38,39)40)25-23-21-19-16-12-10-8-6-4-2/h28-36,41-47H,3-27H2,1-2H3/t28-,29+,30?,31-,32?,33?,34?,35?,36?/m0/s1. The summed E-state index contributed by atoms with van der Waals surface area (Å²) in [6.45, 7) is 3.07. The molecule has 1 aliphatic rings. The van der Waals surface area contributed by atoms with Gasteiger partial charge >= 0.3 is 6.18 Å². The number of aliphatic hydroxyl groups excluding tert-OH is 6. The van der Waals surface area contributed by atoms with Gasteiger partial charge < -0.3 is 40.1 Å². The minimum absolute atomic E-state index is 0.200. The molecule has 12 heteroatoms. The van der Waals surface area contributed by atoms with Gasteiger partial charge in [-0.2, -0.15) is 13.2 Å². The van der Waals surface area contributed by atoms with Crippen LogP contribution in [0.5, 0.6) is 0 Å². The Labute approximate surface area is 294 Å². The molecule has 0 saturated carbocycles. The van der Waals surface area contributed by atoms with Crippen LogP contribution in [0.4, 0.5) is 13.2 Å². The lowest BCUT2D eigenvalue weighted by atomic mass is 9.97. The van der Waals surface area contributed by atoms with Gasteiger partial charge in [0.25, 0.3) is 0 Å². The van der Waals surface area contributed by atoms with Crippen molar-refractivity contribution in [2.75, 3.05) is 13.2 Å². The Hall–Kier alpha value is -0.570. The van der Waals surface area contributed by atoms with Gasteiger partial charge in [0.05, 0.1) is 31.5 Å². The molecule has 49 heavy (non-hydrogen) atoms. The van der Waals surface area contributed by atoms with Gasteiger partial charge in [-0.25, -0.2) is 0 Å². The average Bonchev–Trinajstić information content (AvgIpc) is 3.07. The van der Waals surface area contributed by atoms with Gasteiger partial charge in [0.1, 0.15) is 30.5 Å². The molecule has 0 aromatic heterocycles. The summed E-state index contributed by atoms with van der Waals surface area (Å²) in [4.78, 5) is 0. The fourth-order valence-electron chi connectivity index (χ4n) is 6.54. The normalized spacial score (nSPS) is 24.2. The molecule has 0 radical (unpaired) electrons. The zero-order chi connectivity index (χ0) is 36.5. The third-order valence-corrected chi connectivity index (χ3v) is 9.86. The van der Waals surface area contributed by atoms with Gasteiger partial charge in [-0.1, -0.05) is 149 Å². The summed E-state index contributed by atoms with van der Waals surface area (Å²) in [5.74, 6) is 0. The van der Waals surface area contributed by atoms with Crippen molar-refractivity contribution in [3.05, 3.63) is 0 Å². The fraction of sp³-hybridized carbons (Fsp3) is 1.00. The summed E-state index contributed by atoms with van der Waals surface area (Å²) >= 11 is 0. The molecule has 9 atom stereocenters. The van der Waals surface area contributed by atoms with E-state index in [1.165, 1.54) is 57.8 Å². The zero-order valence-corrected chi connectivity index (χ0v) is 30.5. The molecule has 9 nitrogen and oxygen atoms in total. The first-order valence-corrected chi connectivity index (χ1v) is 19.6. The minimum Gasteiger partial charge on any atom is -0.394 e. The first kappa shape index (κ1) is 46.5. The van der Waals surface area contributed by atoms with Crippen molar-refractivity contribution in [2.45, 2.75) is 223 Å². The van der Waals surface area contributed by atoms with Crippen molar-refractivity contribution in [1.82, 2.24) is 5.32 Å². The predicted molar refractivity (Wildman–Crippen MR) is 186 cm³/mol. The molecule has 0 aromatic rings. The van der Waals surface area contributed by atoms with Crippen molar-refractivity contribution in [3.8, 4) is 0 Å². The highest BCUT2D eigenvalue weighted by Crippen LogP contribution is 2.27. The summed E-state index contributed by atoms with van der Waals surface area (Å²) < 4.78 is 53.5. The SMILES string of the molecule is CCCCCCCCCCCCCC[C@@H](O)C(O)[C@H](COC1OC(CO)C(O)C(O)C1O)N[C@@H](CCCCCCCCCCC)C(F)(F)F. The van der Waals surface area contributed by atoms with Gasteiger partial charge in [-0.3, -0.25) is 5.32 Å². The number of alkyl halides is 3. The summed E-state index contributed by atoms with van der Waals surface area (Å²) in [7, 11) is 0. The molecule has 6 unspecified atom stereocenters. The highest BCUT2D eigenvalue weighted by molar-refractivity contribution is 4.91. The van der Waals surface area contributed by atoms with E-state index in [4.69, 9.17) is 9.47 Å². The molecule has 7 N–H and O–H groups in total. The van der Waals surface area contributed by atoms with Crippen LogP contribution in [0.1, 0.15) is 162 Å². The summed E-state index contributed by atoms with van der Waals surface area (Å²) in [5.41, 5.74) is 0. The Morgan fingerprint density at radius 1 is 0.633 bits per heavy atom. The van der Waals surface area contributed by atoms with E-state index in [1.54, 1.807) is 0 Å². The number of ether oxygens (including phenoxy) is 2. The monoisotopic (exact) mass is 716 g/mol. The number of nitrogens with one attached hydrogen (secondary N) is 1. The average molecular weight is 716 g/mol. The van der Waals surface area contributed by atoms with Gasteiger partial charge in [-0.15, -0.1) is 0 Å². The summed E-state index contributed by atoms with van der Waals surface area (Å²) in [5, 5.41) is 64.4. The van der Waals surface area contributed by atoms with Crippen LogP contribution in [0, 0.1) is 0 Å². The zero-order valence-electron chi connectivity index (χ0n) is 30.5. The third kappa shape index (κ3) is 20.3. The van der Waals surface area contributed by atoms with Crippen LogP contribution in [0.3, 0.4) is 0 Å². The Kier molecular flexibility index (Phi) is 26.5. The van der Waals surface area contributed by atoms with E-state index in [0.29, 0.717) is 19.3 Å². The van der Waals surface area contributed by atoms with Crippen molar-refractivity contribution >= 4 is 0 Å². The largest absolute Gasteiger partial charge is 0.403 e. The van der Waals surface area contributed by atoms with Gasteiger partial charge in [0.15, 0.2) is 6.29 Å². The maximum absolute atomic E-state index is 14.2. The molecule has 1 heterocycles. The maximum Gasteiger partial charge on any atom is 0.403 e. The Morgan fingerprint density at radius 3 is 1.49 bits per heavy atom. The molecule has 0 aromatic carbocycles. The van der Waals surface area contributed by atoms with Crippen LogP contribution in [0.25, 0.3) is 0 Å². The van der Waals surface area contributed by atoms with E-state index in [-0.39, 0.29) is 12.8 Å². The Bertz CT molecular complexity index is 766. The predicted octanol–water partition coefficient (Wildman–Crippen LogP) is 6.43. The van der Waals surface area contributed by atoms with E-state index in [1.807, 2.05) is 0 Å². The lowest BCUT2D eigenvalue weighted by Crippen LogP contribution is -2.61. The van der Waals surface area contributed by atoms with Crippen LogP contribution in [-0.2, 0) is 9.47 Å². The van der Waals surface area contributed by atoms with Gasteiger partial charge in [0, 0.05) is 0 Å². The minimum atomic E-state index is -4.62. The van der Waals surface area contributed by atoms with E-state index in [9.17, 15) is 43.8 Å². The van der Waals surface area contributed by atoms with E-state index >= 15 is 0 Å². The van der Waals surface area contributed by atoms with Crippen molar-refractivity contribution in [2.24, 2.45) is 0 Å².